The van der Waals surface area contributed by atoms with Crippen LogP contribution in [0.4, 0.5) is 20.2 Å². The van der Waals surface area contributed by atoms with Crippen molar-refractivity contribution in [3.05, 3.63) is 84.4 Å². The molecule has 3 aromatic rings. The average Bonchev–Trinajstić information content (AvgIpc) is 2.67. The first-order valence-corrected chi connectivity index (χ1v) is 8.42. The molecule has 138 valence electrons. The van der Waals surface area contributed by atoms with E-state index in [0.717, 1.165) is 23.6 Å². The van der Waals surface area contributed by atoms with Crippen molar-refractivity contribution in [2.45, 2.75) is 6.42 Å². The molecule has 0 radical (unpaired) electrons. The molecule has 0 unspecified atom stereocenters. The van der Waals surface area contributed by atoms with Gasteiger partial charge in [0.1, 0.15) is 11.5 Å². The molecule has 1 amide bonds. The molecule has 0 bridgehead atoms. The summed E-state index contributed by atoms with van der Waals surface area (Å²) in [7, 11) is 0. The van der Waals surface area contributed by atoms with Crippen molar-refractivity contribution in [1.82, 2.24) is 0 Å². The van der Waals surface area contributed by atoms with Crippen LogP contribution in [-0.4, -0.2) is 12.5 Å². The SMILES string of the molecule is O=C(CCNc1ccc(Oc2ccccc2)cc1)Nc1ccc(F)c(F)c1. The number of carbonyl (C=O) groups is 1. The molecule has 0 saturated carbocycles. The van der Waals surface area contributed by atoms with Crippen LogP contribution in [-0.2, 0) is 4.79 Å². The molecule has 0 aliphatic heterocycles. The third-order valence-electron chi connectivity index (χ3n) is 3.72. The zero-order chi connectivity index (χ0) is 19.1. The van der Waals surface area contributed by atoms with Crippen LogP contribution in [0.2, 0.25) is 0 Å². The summed E-state index contributed by atoms with van der Waals surface area (Å²) in [5.74, 6) is -0.773. The van der Waals surface area contributed by atoms with E-state index < -0.39 is 11.6 Å². The predicted molar refractivity (Wildman–Crippen MR) is 101 cm³/mol. The van der Waals surface area contributed by atoms with Crippen LogP contribution >= 0.6 is 0 Å². The summed E-state index contributed by atoms with van der Waals surface area (Å²) in [6.45, 7) is 0.397. The first-order valence-electron chi connectivity index (χ1n) is 8.42. The van der Waals surface area contributed by atoms with Gasteiger partial charge in [0.25, 0.3) is 0 Å². The number of hydrogen-bond acceptors (Lipinski definition) is 3. The molecule has 4 nitrogen and oxygen atoms in total. The molecule has 0 aliphatic carbocycles. The number of benzene rings is 3. The first kappa shape index (κ1) is 18.4. The Labute approximate surface area is 155 Å². The van der Waals surface area contributed by atoms with Crippen molar-refractivity contribution in [2.24, 2.45) is 0 Å². The second-order valence-electron chi connectivity index (χ2n) is 5.79. The number of ether oxygens (including phenoxy) is 1. The van der Waals surface area contributed by atoms with E-state index >= 15 is 0 Å². The topological polar surface area (TPSA) is 50.4 Å². The zero-order valence-corrected chi connectivity index (χ0v) is 14.4. The summed E-state index contributed by atoms with van der Waals surface area (Å²) in [5.41, 5.74) is 1.07. The van der Waals surface area contributed by atoms with Gasteiger partial charge in [0, 0.05) is 30.4 Å². The van der Waals surface area contributed by atoms with E-state index in [1.165, 1.54) is 6.07 Å². The van der Waals surface area contributed by atoms with Crippen LogP contribution < -0.4 is 15.4 Å². The van der Waals surface area contributed by atoms with Gasteiger partial charge in [-0.25, -0.2) is 8.78 Å². The van der Waals surface area contributed by atoms with Crippen molar-refractivity contribution in [3.8, 4) is 11.5 Å². The van der Waals surface area contributed by atoms with Gasteiger partial charge in [-0.15, -0.1) is 0 Å². The fraction of sp³-hybridized carbons (Fsp3) is 0.0952. The fourth-order valence-corrected chi connectivity index (χ4v) is 2.38. The van der Waals surface area contributed by atoms with Gasteiger partial charge in [0.15, 0.2) is 11.6 Å². The molecule has 3 rings (SSSR count). The van der Waals surface area contributed by atoms with Gasteiger partial charge >= 0.3 is 0 Å². The lowest BCUT2D eigenvalue weighted by Crippen LogP contribution is -2.16. The van der Waals surface area contributed by atoms with Gasteiger partial charge in [0.2, 0.25) is 5.91 Å². The minimum absolute atomic E-state index is 0.182. The number of anilines is 2. The number of carbonyl (C=O) groups excluding carboxylic acids is 1. The highest BCUT2D eigenvalue weighted by molar-refractivity contribution is 5.90. The molecule has 0 aliphatic rings. The van der Waals surface area contributed by atoms with Crippen LogP contribution in [0.25, 0.3) is 0 Å². The van der Waals surface area contributed by atoms with E-state index in [0.29, 0.717) is 12.3 Å². The second-order valence-corrected chi connectivity index (χ2v) is 5.79. The van der Waals surface area contributed by atoms with Gasteiger partial charge in [-0.05, 0) is 48.5 Å². The van der Waals surface area contributed by atoms with Crippen molar-refractivity contribution >= 4 is 17.3 Å². The molecule has 0 saturated heterocycles. The second kappa shape index (κ2) is 8.80. The summed E-state index contributed by atoms with van der Waals surface area (Å²) >= 11 is 0. The summed E-state index contributed by atoms with van der Waals surface area (Å²) in [6, 6.07) is 20.1. The number of hydrogen-bond donors (Lipinski definition) is 2. The van der Waals surface area contributed by atoms with Crippen LogP contribution in [0, 0.1) is 11.6 Å². The molecule has 0 spiro atoms. The van der Waals surface area contributed by atoms with Crippen LogP contribution in [0.15, 0.2) is 72.8 Å². The third-order valence-corrected chi connectivity index (χ3v) is 3.72. The number of halogens is 2. The first-order chi connectivity index (χ1) is 13.1. The van der Waals surface area contributed by atoms with E-state index in [-0.39, 0.29) is 18.0 Å². The van der Waals surface area contributed by atoms with Gasteiger partial charge in [-0.1, -0.05) is 18.2 Å². The Morgan fingerprint density at radius 3 is 2.19 bits per heavy atom. The standard InChI is InChI=1S/C21H18F2N2O2/c22-19-11-8-16(14-20(19)23)25-21(26)12-13-24-15-6-9-18(10-7-15)27-17-4-2-1-3-5-17/h1-11,14,24H,12-13H2,(H,25,26). The minimum atomic E-state index is -0.997. The molecule has 0 aromatic heterocycles. The lowest BCUT2D eigenvalue weighted by atomic mass is 10.2. The Bertz CT molecular complexity index is 900. The van der Waals surface area contributed by atoms with Crippen molar-refractivity contribution in [2.75, 3.05) is 17.2 Å². The molecular weight excluding hydrogens is 350 g/mol. The van der Waals surface area contributed by atoms with Crippen LogP contribution in [0.3, 0.4) is 0 Å². The fourth-order valence-electron chi connectivity index (χ4n) is 2.38. The summed E-state index contributed by atoms with van der Waals surface area (Å²) < 4.78 is 31.7. The lowest BCUT2D eigenvalue weighted by molar-refractivity contribution is -0.115. The zero-order valence-electron chi connectivity index (χ0n) is 14.4. The predicted octanol–water partition coefficient (Wildman–Crippen LogP) is 5.20. The maximum Gasteiger partial charge on any atom is 0.226 e. The summed E-state index contributed by atoms with van der Waals surface area (Å²) in [4.78, 5) is 11.9. The average molecular weight is 368 g/mol. The Hall–Kier alpha value is -3.41. The third kappa shape index (κ3) is 5.54. The highest BCUT2D eigenvalue weighted by Gasteiger charge is 2.06. The quantitative estimate of drug-likeness (QED) is 0.603. The molecular formula is C21H18F2N2O2. The van der Waals surface area contributed by atoms with Crippen molar-refractivity contribution in [1.29, 1.82) is 0 Å². The van der Waals surface area contributed by atoms with Gasteiger partial charge in [0.05, 0.1) is 0 Å². The van der Waals surface area contributed by atoms with E-state index in [4.69, 9.17) is 4.74 Å². The van der Waals surface area contributed by atoms with Gasteiger partial charge < -0.3 is 15.4 Å². The van der Waals surface area contributed by atoms with E-state index in [2.05, 4.69) is 10.6 Å². The van der Waals surface area contributed by atoms with Gasteiger partial charge in [-0.2, -0.15) is 0 Å². The van der Waals surface area contributed by atoms with Crippen LogP contribution in [0.5, 0.6) is 11.5 Å². The molecule has 0 heterocycles. The molecule has 0 fully saturated rings. The molecule has 6 heteroatoms. The minimum Gasteiger partial charge on any atom is -0.457 e. The Balaban J connectivity index is 1.44. The van der Waals surface area contributed by atoms with E-state index in [1.807, 2.05) is 54.6 Å². The lowest BCUT2D eigenvalue weighted by Gasteiger charge is -2.09. The maximum atomic E-state index is 13.1. The molecule has 3 aromatic carbocycles. The smallest absolute Gasteiger partial charge is 0.226 e. The highest BCUT2D eigenvalue weighted by Crippen LogP contribution is 2.22. The van der Waals surface area contributed by atoms with Gasteiger partial charge in [-0.3, -0.25) is 4.79 Å². The Morgan fingerprint density at radius 1 is 0.815 bits per heavy atom. The number of rotatable bonds is 7. The molecule has 2 N–H and O–H groups in total. The summed E-state index contributed by atoms with van der Waals surface area (Å²) in [5, 5.41) is 5.65. The maximum absolute atomic E-state index is 13.1. The number of para-hydroxylation sites is 1. The molecule has 0 atom stereocenters. The number of nitrogens with one attached hydrogen (secondary N) is 2. The molecule has 27 heavy (non-hydrogen) atoms. The highest BCUT2D eigenvalue weighted by atomic mass is 19.2. The van der Waals surface area contributed by atoms with Crippen molar-refractivity contribution in [3.63, 3.8) is 0 Å². The van der Waals surface area contributed by atoms with Crippen LogP contribution in [0.1, 0.15) is 6.42 Å². The summed E-state index contributed by atoms with van der Waals surface area (Å²) in [6.07, 6.45) is 0.182. The monoisotopic (exact) mass is 368 g/mol. The normalized spacial score (nSPS) is 10.3. The van der Waals surface area contributed by atoms with E-state index in [9.17, 15) is 13.6 Å². The Kier molecular flexibility index (Phi) is 5.99. The number of amides is 1. The van der Waals surface area contributed by atoms with E-state index in [1.54, 1.807) is 0 Å². The van der Waals surface area contributed by atoms with Crippen molar-refractivity contribution < 1.29 is 18.3 Å². The Morgan fingerprint density at radius 2 is 1.48 bits per heavy atom. The largest absolute Gasteiger partial charge is 0.457 e.